The van der Waals surface area contributed by atoms with Crippen molar-refractivity contribution in [1.29, 1.82) is 0 Å². The molecule has 0 saturated carbocycles. The second-order valence-electron chi connectivity index (χ2n) is 8.70. The van der Waals surface area contributed by atoms with E-state index < -0.39 is 66.2 Å². The Morgan fingerprint density at radius 2 is 1.22 bits per heavy atom. The molecule has 0 aliphatic carbocycles. The highest BCUT2D eigenvalue weighted by Gasteiger charge is 2.33. The van der Waals surface area contributed by atoms with Gasteiger partial charge in [-0.05, 0) is 24.2 Å². The number of hydrogen-bond donors (Lipinski definition) is 6. The van der Waals surface area contributed by atoms with Crippen molar-refractivity contribution >= 4 is 29.7 Å². The third kappa shape index (κ3) is 9.63. The van der Waals surface area contributed by atoms with Crippen LogP contribution in [0.5, 0.6) is 0 Å². The van der Waals surface area contributed by atoms with Gasteiger partial charge in [-0.25, -0.2) is 4.79 Å². The van der Waals surface area contributed by atoms with Crippen LogP contribution < -0.4 is 21.7 Å². The van der Waals surface area contributed by atoms with Crippen LogP contribution in [0.2, 0.25) is 0 Å². The topological polar surface area (TPSA) is 188 Å². The summed E-state index contributed by atoms with van der Waals surface area (Å²) in [5.41, 5.74) is 5.95. The van der Waals surface area contributed by atoms with Crippen LogP contribution in [0.15, 0.2) is 0 Å². The number of hydrogen-bond acceptors (Lipinski definition) is 6. The molecule has 0 aliphatic rings. The van der Waals surface area contributed by atoms with Gasteiger partial charge in [-0.2, -0.15) is 0 Å². The first-order valence-corrected chi connectivity index (χ1v) is 10.8. The first kappa shape index (κ1) is 29.3. The lowest BCUT2D eigenvalue weighted by Gasteiger charge is -2.29. The molecule has 11 heteroatoms. The quantitative estimate of drug-likeness (QED) is 0.211. The average Bonchev–Trinajstić information content (AvgIpc) is 2.70. The summed E-state index contributed by atoms with van der Waals surface area (Å²) in [6.45, 7) is 10.5. The number of amides is 3. The van der Waals surface area contributed by atoms with E-state index in [9.17, 15) is 29.1 Å². The van der Waals surface area contributed by atoms with E-state index >= 15 is 0 Å². The Balaban J connectivity index is 5.38. The number of nitrogens with one attached hydrogen (secondary N) is 3. The smallest absolute Gasteiger partial charge is 0.326 e. The molecule has 5 atom stereocenters. The number of carboxylic acids is 2. The predicted molar refractivity (Wildman–Crippen MR) is 117 cm³/mol. The monoisotopic (exact) mass is 458 g/mol. The normalized spacial score (nSPS) is 15.9. The summed E-state index contributed by atoms with van der Waals surface area (Å²) in [6, 6.07) is -4.24. The molecule has 7 N–H and O–H groups in total. The zero-order valence-corrected chi connectivity index (χ0v) is 19.7. The summed E-state index contributed by atoms with van der Waals surface area (Å²) in [5, 5.41) is 25.5. The summed E-state index contributed by atoms with van der Waals surface area (Å²) in [7, 11) is 0. The van der Waals surface area contributed by atoms with Gasteiger partial charge in [-0.1, -0.05) is 48.0 Å². The standard InChI is InChI=1S/C21H38N4O7/c1-7-12(6)15(22)18(28)24-17(11(4)5)20(30)25-16(10(2)3)19(29)23-13(21(31)32)8-9-14(26)27/h10-13,15-17H,7-9,22H2,1-6H3,(H,23,29)(H,24,28)(H,25,30)(H,26,27)(H,31,32). The maximum absolute atomic E-state index is 12.9. The highest BCUT2D eigenvalue weighted by molar-refractivity contribution is 5.94. The fourth-order valence-electron chi connectivity index (χ4n) is 2.86. The van der Waals surface area contributed by atoms with Gasteiger partial charge < -0.3 is 31.9 Å². The maximum atomic E-state index is 12.9. The van der Waals surface area contributed by atoms with E-state index in [1.165, 1.54) is 0 Å². The molecule has 0 bridgehead atoms. The lowest BCUT2D eigenvalue weighted by Crippen LogP contribution is -2.60. The number of rotatable bonds is 14. The largest absolute Gasteiger partial charge is 0.481 e. The van der Waals surface area contributed by atoms with Gasteiger partial charge >= 0.3 is 11.9 Å². The molecule has 184 valence electrons. The van der Waals surface area contributed by atoms with Crippen LogP contribution >= 0.6 is 0 Å². The zero-order chi connectivity index (χ0) is 25.2. The first-order chi connectivity index (χ1) is 14.7. The molecular weight excluding hydrogens is 420 g/mol. The van der Waals surface area contributed by atoms with Crippen LogP contribution in [0.25, 0.3) is 0 Å². The Morgan fingerprint density at radius 3 is 1.59 bits per heavy atom. The van der Waals surface area contributed by atoms with Crippen molar-refractivity contribution < 1.29 is 34.2 Å². The van der Waals surface area contributed by atoms with Crippen LogP contribution in [-0.4, -0.2) is 64.0 Å². The van der Waals surface area contributed by atoms with Crippen molar-refractivity contribution in [1.82, 2.24) is 16.0 Å². The lowest BCUT2D eigenvalue weighted by atomic mass is 9.96. The van der Waals surface area contributed by atoms with Gasteiger partial charge in [0.25, 0.3) is 0 Å². The minimum atomic E-state index is -1.41. The molecule has 0 rings (SSSR count). The molecule has 0 aromatic carbocycles. The molecule has 0 saturated heterocycles. The van der Waals surface area contributed by atoms with E-state index in [1.54, 1.807) is 27.7 Å². The number of aliphatic carboxylic acids is 2. The van der Waals surface area contributed by atoms with Crippen LogP contribution in [0.4, 0.5) is 0 Å². The third-order valence-corrected chi connectivity index (χ3v) is 5.32. The lowest BCUT2D eigenvalue weighted by molar-refractivity contribution is -0.143. The van der Waals surface area contributed by atoms with E-state index in [0.29, 0.717) is 6.42 Å². The SMILES string of the molecule is CCC(C)C(N)C(=O)NC(C(=O)NC(C(=O)NC(CCC(=O)O)C(=O)O)C(C)C)C(C)C. The second kappa shape index (κ2) is 13.7. The molecule has 11 nitrogen and oxygen atoms in total. The first-order valence-electron chi connectivity index (χ1n) is 10.8. The zero-order valence-electron chi connectivity index (χ0n) is 19.7. The molecular formula is C21H38N4O7. The van der Waals surface area contributed by atoms with E-state index in [2.05, 4.69) is 16.0 Å². The van der Waals surface area contributed by atoms with E-state index in [4.69, 9.17) is 10.8 Å². The number of carboxylic acid groups (broad SMARTS) is 2. The summed E-state index contributed by atoms with van der Waals surface area (Å²) >= 11 is 0. The molecule has 32 heavy (non-hydrogen) atoms. The highest BCUT2D eigenvalue weighted by Crippen LogP contribution is 2.10. The van der Waals surface area contributed by atoms with E-state index in [0.717, 1.165) is 0 Å². The molecule has 0 aromatic rings. The predicted octanol–water partition coefficient (Wildman–Crippen LogP) is 0.0756. The second-order valence-corrected chi connectivity index (χ2v) is 8.70. The van der Waals surface area contributed by atoms with Gasteiger partial charge in [-0.3, -0.25) is 19.2 Å². The third-order valence-electron chi connectivity index (χ3n) is 5.32. The molecule has 0 aromatic heterocycles. The Labute approximate surface area is 188 Å². The van der Waals surface area contributed by atoms with Crippen molar-refractivity contribution in [3.05, 3.63) is 0 Å². The Morgan fingerprint density at radius 1 is 0.781 bits per heavy atom. The van der Waals surface area contributed by atoms with Gasteiger partial charge in [0.15, 0.2) is 0 Å². The van der Waals surface area contributed by atoms with Gasteiger partial charge in [0, 0.05) is 6.42 Å². The minimum absolute atomic E-state index is 0.0844. The van der Waals surface area contributed by atoms with Crippen molar-refractivity contribution in [3.8, 4) is 0 Å². The molecule has 0 radical (unpaired) electrons. The van der Waals surface area contributed by atoms with Crippen LogP contribution in [0.1, 0.15) is 60.8 Å². The molecule has 0 aliphatic heterocycles. The van der Waals surface area contributed by atoms with Crippen molar-refractivity contribution in [3.63, 3.8) is 0 Å². The Bertz CT molecular complexity index is 681. The summed E-state index contributed by atoms with van der Waals surface area (Å²) in [4.78, 5) is 60.1. The van der Waals surface area contributed by atoms with E-state index in [-0.39, 0.29) is 18.3 Å². The fourth-order valence-corrected chi connectivity index (χ4v) is 2.86. The fraction of sp³-hybridized carbons (Fsp3) is 0.762. The maximum Gasteiger partial charge on any atom is 0.326 e. The number of nitrogens with two attached hydrogens (primary N) is 1. The minimum Gasteiger partial charge on any atom is -0.481 e. The van der Waals surface area contributed by atoms with Crippen molar-refractivity contribution in [2.45, 2.75) is 85.0 Å². The Hall–Kier alpha value is -2.69. The van der Waals surface area contributed by atoms with Crippen LogP contribution in [-0.2, 0) is 24.0 Å². The van der Waals surface area contributed by atoms with E-state index in [1.807, 2.05) is 13.8 Å². The Kier molecular flexibility index (Phi) is 12.5. The van der Waals surface area contributed by atoms with Crippen molar-refractivity contribution in [2.24, 2.45) is 23.5 Å². The van der Waals surface area contributed by atoms with Crippen LogP contribution in [0.3, 0.4) is 0 Å². The average molecular weight is 459 g/mol. The molecule has 5 unspecified atom stereocenters. The summed E-state index contributed by atoms with van der Waals surface area (Å²) < 4.78 is 0. The molecule has 0 fully saturated rings. The summed E-state index contributed by atoms with van der Waals surface area (Å²) in [6.07, 6.45) is -0.0451. The van der Waals surface area contributed by atoms with Gasteiger partial charge in [0.2, 0.25) is 17.7 Å². The van der Waals surface area contributed by atoms with Crippen LogP contribution in [0, 0.1) is 17.8 Å². The van der Waals surface area contributed by atoms with Gasteiger partial charge in [0.05, 0.1) is 6.04 Å². The summed E-state index contributed by atoms with van der Waals surface area (Å²) in [5.74, 6) is -5.19. The highest BCUT2D eigenvalue weighted by atomic mass is 16.4. The number of carbonyl (C=O) groups is 5. The molecule has 0 heterocycles. The number of carbonyl (C=O) groups excluding carboxylic acids is 3. The van der Waals surface area contributed by atoms with Gasteiger partial charge in [0.1, 0.15) is 18.1 Å². The van der Waals surface area contributed by atoms with Crippen molar-refractivity contribution in [2.75, 3.05) is 0 Å². The molecule has 3 amide bonds. The molecule has 0 spiro atoms. The van der Waals surface area contributed by atoms with Gasteiger partial charge in [-0.15, -0.1) is 0 Å².